The lowest BCUT2D eigenvalue weighted by Crippen LogP contribution is -2.38. The largest absolute Gasteiger partial charge is 0.497 e. The van der Waals surface area contributed by atoms with Crippen LogP contribution in [0.3, 0.4) is 0 Å². The Morgan fingerprint density at radius 1 is 0.844 bits per heavy atom. The monoisotopic (exact) mass is 439 g/mol. The van der Waals surface area contributed by atoms with E-state index in [9.17, 15) is 4.79 Å². The van der Waals surface area contributed by atoms with Gasteiger partial charge in [0.1, 0.15) is 11.5 Å². The van der Waals surface area contributed by atoms with E-state index in [0.717, 1.165) is 22.6 Å². The van der Waals surface area contributed by atoms with Gasteiger partial charge < -0.3 is 14.4 Å². The van der Waals surface area contributed by atoms with Gasteiger partial charge >= 0.3 is 5.97 Å². The predicted octanol–water partition coefficient (Wildman–Crippen LogP) is 7.13. The van der Waals surface area contributed by atoms with Gasteiger partial charge in [0.15, 0.2) is 0 Å². The molecule has 2 aromatic rings. The minimum Gasteiger partial charge on any atom is -0.497 e. The molecule has 0 aliphatic heterocycles. The summed E-state index contributed by atoms with van der Waals surface area (Å²) in [7, 11) is 1.67. The number of ether oxygens (including phenoxy) is 2. The molecular formula is C28H41NO3. The first-order valence-electron chi connectivity index (χ1n) is 11.5. The molecule has 0 heterocycles. The van der Waals surface area contributed by atoms with Gasteiger partial charge in [-0.3, -0.25) is 0 Å². The molecule has 0 radical (unpaired) electrons. The van der Waals surface area contributed by atoms with Crippen LogP contribution in [0.1, 0.15) is 90.7 Å². The van der Waals surface area contributed by atoms with Crippen molar-refractivity contribution in [2.24, 2.45) is 0 Å². The van der Waals surface area contributed by atoms with Crippen molar-refractivity contribution < 1.29 is 14.3 Å². The summed E-state index contributed by atoms with van der Waals surface area (Å²) < 4.78 is 11.8. The normalized spacial score (nSPS) is 12.3. The highest BCUT2D eigenvalue weighted by molar-refractivity contribution is 5.97. The molecule has 0 bridgehead atoms. The molecule has 0 aliphatic carbocycles. The highest BCUT2D eigenvalue weighted by Gasteiger charge is 2.31. The number of carbonyl (C=O) groups is 1. The molecule has 0 saturated carbocycles. The summed E-state index contributed by atoms with van der Waals surface area (Å²) in [5.74, 6) is 1.06. The van der Waals surface area contributed by atoms with Crippen LogP contribution in [-0.2, 0) is 10.8 Å². The average molecular weight is 440 g/mol. The van der Waals surface area contributed by atoms with E-state index in [-0.39, 0.29) is 28.9 Å². The maximum Gasteiger partial charge on any atom is 0.345 e. The third kappa shape index (κ3) is 5.65. The highest BCUT2D eigenvalue weighted by atomic mass is 16.5. The zero-order valence-corrected chi connectivity index (χ0v) is 21.8. The summed E-state index contributed by atoms with van der Waals surface area (Å²) in [5.41, 5.74) is 2.92. The second-order valence-corrected chi connectivity index (χ2v) is 11.1. The topological polar surface area (TPSA) is 38.8 Å². The lowest BCUT2D eigenvalue weighted by Gasteiger charge is -2.34. The van der Waals surface area contributed by atoms with Crippen molar-refractivity contribution in [2.75, 3.05) is 12.0 Å². The van der Waals surface area contributed by atoms with Crippen molar-refractivity contribution in [1.82, 2.24) is 0 Å². The van der Waals surface area contributed by atoms with Gasteiger partial charge in [0.25, 0.3) is 0 Å². The lowest BCUT2D eigenvalue weighted by molar-refractivity contribution is 0.0729. The zero-order chi connectivity index (χ0) is 24.4. The summed E-state index contributed by atoms with van der Waals surface area (Å²) in [5, 5.41) is 0. The molecule has 32 heavy (non-hydrogen) atoms. The number of benzene rings is 2. The van der Waals surface area contributed by atoms with Gasteiger partial charge in [-0.05, 0) is 62.8 Å². The molecule has 0 N–H and O–H groups in total. The van der Waals surface area contributed by atoms with Crippen molar-refractivity contribution >= 4 is 11.7 Å². The van der Waals surface area contributed by atoms with E-state index in [1.807, 2.05) is 36.4 Å². The van der Waals surface area contributed by atoms with Crippen LogP contribution in [0.5, 0.6) is 11.5 Å². The number of nitrogens with zero attached hydrogens (tertiary/aromatic N) is 1. The van der Waals surface area contributed by atoms with Gasteiger partial charge in [0.2, 0.25) is 0 Å². The standard InChI is InChI=1S/C28H41NO3/c1-18(2)29(19(3)4)24-15-13-12-14-21(24)26(30)32-25-22(27(5,6)7)16-20(31-11)17-23(25)28(8,9)10/h12-19H,1-11H3. The maximum atomic E-state index is 13.6. The number of anilines is 1. The molecule has 0 atom stereocenters. The Hall–Kier alpha value is -2.49. The summed E-state index contributed by atoms with van der Waals surface area (Å²) in [6, 6.07) is 12.2. The molecule has 4 nitrogen and oxygen atoms in total. The van der Waals surface area contributed by atoms with E-state index in [0.29, 0.717) is 11.3 Å². The van der Waals surface area contributed by atoms with Gasteiger partial charge in [0, 0.05) is 23.2 Å². The first-order valence-corrected chi connectivity index (χ1v) is 11.5. The van der Waals surface area contributed by atoms with Crippen LogP contribution in [0, 0.1) is 0 Å². The second-order valence-electron chi connectivity index (χ2n) is 11.1. The van der Waals surface area contributed by atoms with Crippen LogP contribution in [0.15, 0.2) is 36.4 Å². The number of hydrogen-bond donors (Lipinski definition) is 0. The summed E-state index contributed by atoms with van der Waals surface area (Å²) in [6.45, 7) is 21.3. The molecule has 2 rings (SSSR count). The second kappa shape index (κ2) is 9.56. The first-order chi connectivity index (χ1) is 14.7. The van der Waals surface area contributed by atoms with E-state index < -0.39 is 0 Å². The SMILES string of the molecule is COc1cc(C(C)(C)C)c(OC(=O)c2ccccc2N(C(C)C)C(C)C)c(C(C)(C)C)c1. The van der Waals surface area contributed by atoms with Crippen molar-refractivity contribution in [1.29, 1.82) is 0 Å². The van der Waals surface area contributed by atoms with Gasteiger partial charge in [-0.25, -0.2) is 4.79 Å². The number of esters is 1. The molecule has 0 aliphatic rings. The molecule has 0 fully saturated rings. The Morgan fingerprint density at radius 2 is 1.31 bits per heavy atom. The Bertz CT molecular complexity index is 903. The number of carbonyl (C=O) groups excluding carboxylic acids is 1. The summed E-state index contributed by atoms with van der Waals surface area (Å²) >= 11 is 0. The molecule has 0 saturated heterocycles. The summed E-state index contributed by atoms with van der Waals surface area (Å²) in [6.07, 6.45) is 0. The average Bonchev–Trinajstić information content (AvgIpc) is 2.66. The van der Waals surface area contributed by atoms with Crippen LogP contribution in [0.25, 0.3) is 0 Å². The maximum absolute atomic E-state index is 13.6. The van der Waals surface area contributed by atoms with E-state index >= 15 is 0 Å². The van der Waals surface area contributed by atoms with Crippen LogP contribution >= 0.6 is 0 Å². The number of hydrogen-bond acceptors (Lipinski definition) is 4. The molecule has 0 amide bonds. The molecule has 176 valence electrons. The van der Waals surface area contributed by atoms with Gasteiger partial charge in [-0.1, -0.05) is 53.7 Å². The Labute approximate surface area is 194 Å². The minimum atomic E-state index is -0.340. The van der Waals surface area contributed by atoms with Gasteiger partial charge in [0.05, 0.1) is 18.4 Å². The van der Waals surface area contributed by atoms with Crippen LogP contribution < -0.4 is 14.4 Å². The number of rotatable bonds is 6. The fraction of sp³-hybridized carbons (Fsp3) is 0.536. The molecule has 2 aromatic carbocycles. The minimum absolute atomic E-state index is 0.231. The van der Waals surface area contributed by atoms with Crippen molar-refractivity contribution in [3.05, 3.63) is 53.1 Å². The van der Waals surface area contributed by atoms with Gasteiger partial charge in [-0.15, -0.1) is 0 Å². The Morgan fingerprint density at radius 3 is 1.72 bits per heavy atom. The van der Waals surface area contributed by atoms with E-state index in [1.54, 1.807) is 7.11 Å². The lowest BCUT2D eigenvalue weighted by atomic mass is 9.79. The fourth-order valence-electron chi connectivity index (χ4n) is 4.12. The van der Waals surface area contributed by atoms with Crippen molar-refractivity contribution in [3.63, 3.8) is 0 Å². The Balaban J connectivity index is 2.67. The fourth-order valence-corrected chi connectivity index (χ4v) is 4.12. The predicted molar refractivity (Wildman–Crippen MR) is 135 cm³/mol. The van der Waals surface area contributed by atoms with Crippen LogP contribution in [0.2, 0.25) is 0 Å². The van der Waals surface area contributed by atoms with Crippen molar-refractivity contribution in [3.8, 4) is 11.5 Å². The van der Waals surface area contributed by atoms with Crippen LogP contribution in [0.4, 0.5) is 5.69 Å². The van der Waals surface area contributed by atoms with Crippen molar-refractivity contribution in [2.45, 2.75) is 92.2 Å². The first kappa shape index (κ1) is 25.8. The number of para-hydroxylation sites is 1. The Kier molecular flexibility index (Phi) is 7.70. The zero-order valence-electron chi connectivity index (χ0n) is 21.8. The third-order valence-electron chi connectivity index (χ3n) is 5.62. The molecule has 0 aromatic heterocycles. The van der Waals surface area contributed by atoms with E-state index in [2.05, 4.69) is 74.1 Å². The molecule has 0 unspecified atom stereocenters. The molecular weight excluding hydrogens is 398 g/mol. The van der Waals surface area contributed by atoms with E-state index in [1.165, 1.54) is 0 Å². The number of methoxy groups -OCH3 is 1. The molecule has 0 spiro atoms. The smallest absolute Gasteiger partial charge is 0.345 e. The van der Waals surface area contributed by atoms with Crippen LogP contribution in [-0.4, -0.2) is 25.2 Å². The molecule has 4 heteroatoms. The van der Waals surface area contributed by atoms with Gasteiger partial charge in [-0.2, -0.15) is 0 Å². The highest BCUT2D eigenvalue weighted by Crippen LogP contribution is 2.43. The summed E-state index contributed by atoms with van der Waals surface area (Å²) in [4.78, 5) is 15.9. The quantitative estimate of drug-likeness (QED) is 0.354. The van der Waals surface area contributed by atoms with E-state index in [4.69, 9.17) is 9.47 Å². The third-order valence-corrected chi connectivity index (χ3v) is 5.62.